The maximum atomic E-state index is 12.5. The van der Waals surface area contributed by atoms with Crippen LogP contribution in [-0.2, 0) is 11.2 Å². The van der Waals surface area contributed by atoms with Crippen molar-refractivity contribution in [3.05, 3.63) is 51.1 Å². The summed E-state index contributed by atoms with van der Waals surface area (Å²) in [5.41, 5.74) is 3.15. The molecule has 3 rings (SSSR count). The average molecular weight is 312 g/mol. The van der Waals surface area contributed by atoms with Crippen molar-refractivity contribution in [2.24, 2.45) is 0 Å². The zero-order valence-corrected chi connectivity index (χ0v) is 13.1. The number of likely N-dealkylation sites (N-methyl/N-ethyl adjacent to an activating group) is 1. The number of non-ortho nitro benzene ring substituents is 1. The van der Waals surface area contributed by atoms with Crippen LogP contribution in [0.15, 0.2) is 18.2 Å². The number of nitro groups is 1. The first-order valence-corrected chi connectivity index (χ1v) is 7.26. The van der Waals surface area contributed by atoms with E-state index in [4.69, 9.17) is 0 Å². The number of rotatable bonds is 3. The van der Waals surface area contributed by atoms with Gasteiger partial charge in [0.15, 0.2) is 0 Å². The van der Waals surface area contributed by atoms with Crippen LogP contribution in [0.5, 0.6) is 0 Å². The summed E-state index contributed by atoms with van der Waals surface area (Å²) in [4.78, 5) is 32.1. The molecule has 1 aromatic carbocycles. The Morgan fingerprint density at radius 2 is 2.17 bits per heavy atom. The number of carbonyl (C=O) groups excluding carboxylic acids is 1. The van der Waals surface area contributed by atoms with Crippen molar-refractivity contribution in [2.75, 3.05) is 11.9 Å². The van der Waals surface area contributed by atoms with E-state index in [2.05, 4.69) is 9.97 Å². The second kappa shape index (κ2) is 5.35. The van der Waals surface area contributed by atoms with E-state index in [0.717, 1.165) is 17.9 Å². The third-order valence-corrected chi connectivity index (χ3v) is 3.96. The molecule has 2 aromatic rings. The fourth-order valence-corrected chi connectivity index (χ4v) is 2.67. The van der Waals surface area contributed by atoms with E-state index in [1.54, 1.807) is 19.2 Å². The highest BCUT2D eigenvalue weighted by Gasteiger charge is 2.31. The number of aromatic amines is 1. The highest BCUT2D eigenvalue weighted by atomic mass is 16.6. The molecule has 118 valence electrons. The molecule has 0 saturated carbocycles. The van der Waals surface area contributed by atoms with Gasteiger partial charge in [0.1, 0.15) is 5.82 Å². The first kappa shape index (κ1) is 15.0. The first-order chi connectivity index (χ1) is 10.9. The maximum Gasteiger partial charge on any atom is 0.270 e. The quantitative estimate of drug-likeness (QED) is 0.536. The number of benzene rings is 1. The van der Waals surface area contributed by atoms with Gasteiger partial charge in [-0.2, -0.15) is 0 Å². The van der Waals surface area contributed by atoms with Crippen LogP contribution >= 0.6 is 0 Å². The molecular formula is C16H16N4O3. The minimum atomic E-state index is -0.463. The van der Waals surface area contributed by atoms with Crippen molar-refractivity contribution >= 4 is 28.9 Å². The monoisotopic (exact) mass is 312 g/mol. The number of aryl methyl sites for hydroxylation is 2. The van der Waals surface area contributed by atoms with E-state index in [1.165, 1.54) is 17.0 Å². The van der Waals surface area contributed by atoms with Gasteiger partial charge in [-0.25, -0.2) is 4.98 Å². The largest absolute Gasteiger partial charge is 0.346 e. The molecule has 1 aliphatic heterocycles. The molecule has 0 radical (unpaired) electrons. The highest BCUT2D eigenvalue weighted by Crippen LogP contribution is 2.38. The van der Waals surface area contributed by atoms with Gasteiger partial charge in [-0.3, -0.25) is 14.9 Å². The number of nitro benzene ring substituents is 1. The van der Waals surface area contributed by atoms with E-state index < -0.39 is 4.92 Å². The van der Waals surface area contributed by atoms with Crippen LogP contribution in [0.3, 0.4) is 0 Å². The van der Waals surface area contributed by atoms with E-state index in [-0.39, 0.29) is 11.6 Å². The predicted molar refractivity (Wildman–Crippen MR) is 87.1 cm³/mol. The number of imidazole rings is 1. The van der Waals surface area contributed by atoms with Crippen LogP contribution in [0.25, 0.3) is 11.6 Å². The van der Waals surface area contributed by atoms with Crippen LogP contribution in [0.2, 0.25) is 0 Å². The molecule has 0 bridgehead atoms. The van der Waals surface area contributed by atoms with Crippen molar-refractivity contribution in [1.29, 1.82) is 0 Å². The number of anilines is 1. The standard InChI is InChI=1S/C16H16N4O3/c1-4-15-17-9(2)13(18-15)8-12-11-7-10(20(22)23)5-6-14(11)19(3)16(12)21/h5-8H,4H2,1-3H3,(H,17,18)/b12-8-. The summed E-state index contributed by atoms with van der Waals surface area (Å²) in [6.45, 7) is 3.87. The van der Waals surface area contributed by atoms with Gasteiger partial charge < -0.3 is 9.88 Å². The fourth-order valence-electron chi connectivity index (χ4n) is 2.67. The molecule has 23 heavy (non-hydrogen) atoms. The number of amides is 1. The third-order valence-electron chi connectivity index (χ3n) is 3.96. The summed E-state index contributed by atoms with van der Waals surface area (Å²) in [6, 6.07) is 4.44. The summed E-state index contributed by atoms with van der Waals surface area (Å²) < 4.78 is 0. The van der Waals surface area contributed by atoms with E-state index in [0.29, 0.717) is 22.5 Å². The Hall–Kier alpha value is -2.96. The number of hydrogen-bond acceptors (Lipinski definition) is 4. The molecule has 0 saturated heterocycles. The predicted octanol–water partition coefficient (Wildman–Crippen LogP) is 2.71. The minimum absolute atomic E-state index is 0.0363. The number of hydrogen-bond donors (Lipinski definition) is 1. The number of nitrogens with zero attached hydrogens (tertiary/aromatic N) is 3. The van der Waals surface area contributed by atoms with Gasteiger partial charge in [0, 0.05) is 36.9 Å². The molecule has 2 heterocycles. The van der Waals surface area contributed by atoms with Gasteiger partial charge >= 0.3 is 0 Å². The van der Waals surface area contributed by atoms with Crippen molar-refractivity contribution < 1.29 is 9.72 Å². The molecule has 1 N–H and O–H groups in total. The van der Waals surface area contributed by atoms with Gasteiger partial charge in [0.25, 0.3) is 11.6 Å². The lowest BCUT2D eigenvalue weighted by molar-refractivity contribution is -0.384. The van der Waals surface area contributed by atoms with Crippen LogP contribution in [0.4, 0.5) is 11.4 Å². The molecule has 0 unspecified atom stereocenters. The van der Waals surface area contributed by atoms with Crippen LogP contribution in [0.1, 0.15) is 29.7 Å². The second-order valence-electron chi connectivity index (χ2n) is 5.43. The van der Waals surface area contributed by atoms with Crippen LogP contribution in [0, 0.1) is 17.0 Å². The molecule has 1 aromatic heterocycles. The van der Waals surface area contributed by atoms with E-state index in [1.807, 2.05) is 13.8 Å². The third kappa shape index (κ3) is 2.40. The Morgan fingerprint density at radius 1 is 1.43 bits per heavy atom. The van der Waals surface area contributed by atoms with Crippen molar-refractivity contribution in [3.8, 4) is 0 Å². The smallest absolute Gasteiger partial charge is 0.270 e. The number of carbonyl (C=O) groups is 1. The minimum Gasteiger partial charge on any atom is -0.346 e. The Kier molecular flexibility index (Phi) is 3.48. The molecule has 1 aliphatic rings. The number of nitrogens with one attached hydrogen (secondary N) is 1. The molecule has 1 amide bonds. The molecule has 7 heteroatoms. The second-order valence-corrected chi connectivity index (χ2v) is 5.43. The lowest BCUT2D eigenvalue weighted by atomic mass is 10.0. The topological polar surface area (TPSA) is 92.1 Å². The molecule has 0 spiro atoms. The molecule has 0 fully saturated rings. The fraction of sp³-hybridized carbons (Fsp3) is 0.250. The normalized spacial score (nSPS) is 15.3. The zero-order chi connectivity index (χ0) is 16.7. The lowest BCUT2D eigenvalue weighted by Gasteiger charge is -2.08. The van der Waals surface area contributed by atoms with Crippen molar-refractivity contribution in [1.82, 2.24) is 9.97 Å². The van der Waals surface area contributed by atoms with Gasteiger partial charge in [-0.05, 0) is 19.1 Å². The van der Waals surface area contributed by atoms with Gasteiger partial charge in [0.05, 0.1) is 21.9 Å². The van der Waals surface area contributed by atoms with Crippen LogP contribution < -0.4 is 4.90 Å². The Morgan fingerprint density at radius 3 is 2.78 bits per heavy atom. The lowest BCUT2D eigenvalue weighted by Crippen LogP contribution is -2.20. The maximum absolute atomic E-state index is 12.5. The molecule has 7 nitrogen and oxygen atoms in total. The van der Waals surface area contributed by atoms with E-state index in [9.17, 15) is 14.9 Å². The first-order valence-electron chi connectivity index (χ1n) is 7.26. The number of aromatic nitrogens is 2. The van der Waals surface area contributed by atoms with Crippen molar-refractivity contribution in [2.45, 2.75) is 20.3 Å². The number of H-pyrrole nitrogens is 1. The SMILES string of the molecule is CCc1nc(/C=C2\C(=O)N(C)c3ccc([N+](=O)[O-])cc32)c(C)[nH]1. The summed E-state index contributed by atoms with van der Waals surface area (Å²) in [6.07, 6.45) is 2.46. The zero-order valence-electron chi connectivity index (χ0n) is 13.1. The van der Waals surface area contributed by atoms with Crippen molar-refractivity contribution in [3.63, 3.8) is 0 Å². The summed E-state index contributed by atoms with van der Waals surface area (Å²) >= 11 is 0. The Bertz CT molecular complexity index is 851. The Labute approximate surface area is 132 Å². The average Bonchev–Trinajstić information content (AvgIpc) is 3.00. The molecular weight excluding hydrogens is 296 g/mol. The summed E-state index contributed by atoms with van der Waals surface area (Å²) in [5, 5.41) is 11.0. The van der Waals surface area contributed by atoms with Gasteiger partial charge in [-0.1, -0.05) is 6.92 Å². The van der Waals surface area contributed by atoms with E-state index >= 15 is 0 Å². The van der Waals surface area contributed by atoms with Crippen LogP contribution in [-0.4, -0.2) is 27.8 Å². The van der Waals surface area contributed by atoms with Gasteiger partial charge in [0.2, 0.25) is 0 Å². The Balaban J connectivity index is 2.15. The summed E-state index contributed by atoms with van der Waals surface area (Å²) in [5.74, 6) is 0.647. The summed E-state index contributed by atoms with van der Waals surface area (Å²) in [7, 11) is 1.66. The molecule has 0 atom stereocenters. The molecule has 0 aliphatic carbocycles. The highest BCUT2D eigenvalue weighted by molar-refractivity contribution is 6.35. The number of fused-ring (bicyclic) bond motifs is 1. The van der Waals surface area contributed by atoms with Gasteiger partial charge in [-0.15, -0.1) is 0 Å².